The molecule has 0 aliphatic rings. The fourth-order valence-electron chi connectivity index (χ4n) is 5.13. The predicted octanol–water partition coefficient (Wildman–Crippen LogP) is 7.46. The molecule has 0 saturated carbocycles. The zero-order valence-electron chi connectivity index (χ0n) is 28.2. The fourth-order valence-corrected chi connectivity index (χ4v) is 6.22. The standard InChI is InChI=1S/C35H36N5O8PS/c1-35(2,3)21-17-27(33(47-5)28(18-21)40-50(6,44)45)39-34(41)38-26-12-13-29(25-10-8-7-9-24(25)26)48-23-15-16-36-32(20-23)37-22-11-14-31(49(42)43)30(19-22)46-4/h7-20,40H,1-6H3,(H3-,36,37,38,39,41,42,43)/p+1. The summed E-state index contributed by atoms with van der Waals surface area (Å²) in [5.41, 5.74) is 2.00. The van der Waals surface area contributed by atoms with E-state index in [-0.39, 0.29) is 33.6 Å². The summed E-state index contributed by atoms with van der Waals surface area (Å²) in [6.45, 7) is 5.92. The van der Waals surface area contributed by atoms with E-state index in [0.717, 1.165) is 17.2 Å². The van der Waals surface area contributed by atoms with Crippen molar-refractivity contribution in [3.63, 3.8) is 0 Å². The molecule has 0 saturated heterocycles. The molecule has 15 heteroatoms. The molecule has 0 fully saturated rings. The second kappa shape index (κ2) is 14.6. The maximum absolute atomic E-state index is 13.4. The van der Waals surface area contributed by atoms with Gasteiger partial charge >= 0.3 is 14.1 Å². The molecule has 1 aromatic heterocycles. The van der Waals surface area contributed by atoms with Crippen LogP contribution < -0.4 is 40.2 Å². The minimum atomic E-state index is -3.64. The molecule has 260 valence electrons. The topological polar surface area (TPSA) is 177 Å². The van der Waals surface area contributed by atoms with E-state index in [2.05, 4.69) is 25.7 Å². The number of urea groups is 1. The molecule has 5 aromatic rings. The van der Waals surface area contributed by atoms with Crippen molar-refractivity contribution in [3.05, 3.63) is 90.6 Å². The molecule has 1 unspecified atom stereocenters. The molecule has 1 atom stereocenters. The maximum Gasteiger partial charge on any atom is 0.550 e. The smallest absolute Gasteiger partial charge is 0.492 e. The summed E-state index contributed by atoms with van der Waals surface area (Å²) in [7, 11) is -3.39. The van der Waals surface area contributed by atoms with E-state index in [0.29, 0.717) is 34.1 Å². The number of nitrogens with zero attached hydrogens (tertiary/aromatic N) is 1. The molecule has 5 rings (SSSR count). The van der Waals surface area contributed by atoms with Gasteiger partial charge in [-0.25, -0.2) is 18.2 Å². The molecular weight excluding hydrogens is 681 g/mol. The summed E-state index contributed by atoms with van der Waals surface area (Å²) < 4.78 is 55.4. The van der Waals surface area contributed by atoms with Crippen LogP contribution in [0.15, 0.2) is 85.1 Å². The molecule has 2 amide bonds. The first-order valence-corrected chi connectivity index (χ1v) is 18.3. The monoisotopic (exact) mass is 718 g/mol. The van der Waals surface area contributed by atoms with E-state index in [1.807, 2.05) is 45.0 Å². The van der Waals surface area contributed by atoms with Gasteiger partial charge in [-0.2, -0.15) is 4.89 Å². The molecule has 1 heterocycles. The van der Waals surface area contributed by atoms with Gasteiger partial charge in [-0.1, -0.05) is 45.0 Å². The average molecular weight is 719 g/mol. The number of hydrogen-bond acceptors (Lipinski definition) is 9. The van der Waals surface area contributed by atoms with Crippen LogP contribution in [0.4, 0.5) is 33.4 Å². The number of ether oxygens (including phenoxy) is 3. The third-order valence-electron chi connectivity index (χ3n) is 7.45. The number of rotatable bonds is 11. The highest BCUT2D eigenvalue weighted by Crippen LogP contribution is 2.40. The summed E-state index contributed by atoms with van der Waals surface area (Å²) in [5, 5.41) is 10.5. The van der Waals surface area contributed by atoms with Gasteiger partial charge in [0.25, 0.3) is 5.30 Å². The van der Waals surface area contributed by atoms with Crippen LogP contribution in [0.5, 0.6) is 23.0 Å². The van der Waals surface area contributed by atoms with Gasteiger partial charge in [-0.15, -0.1) is 0 Å². The van der Waals surface area contributed by atoms with Crippen LogP contribution in [-0.4, -0.2) is 44.8 Å². The Hall–Kier alpha value is -5.43. The van der Waals surface area contributed by atoms with E-state index in [4.69, 9.17) is 14.2 Å². The molecule has 0 aliphatic heterocycles. The first-order chi connectivity index (χ1) is 23.6. The zero-order valence-corrected chi connectivity index (χ0v) is 29.9. The second-order valence-electron chi connectivity index (χ2n) is 12.2. The Bertz CT molecular complexity index is 2210. The number of amides is 2. The second-order valence-corrected chi connectivity index (χ2v) is 15.0. The Balaban J connectivity index is 1.39. The van der Waals surface area contributed by atoms with Gasteiger partial charge in [0.05, 0.1) is 37.5 Å². The number of sulfonamides is 1. The van der Waals surface area contributed by atoms with Crippen LogP contribution in [0, 0.1) is 0 Å². The van der Waals surface area contributed by atoms with Crippen LogP contribution in [-0.2, 0) is 20.0 Å². The highest BCUT2D eigenvalue weighted by Gasteiger charge is 2.24. The van der Waals surface area contributed by atoms with E-state index >= 15 is 0 Å². The highest BCUT2D eigenvalue weighted by molar-refractivity contribution is 7.92. The number of nitrogens with one attached hydrogen (secondary N) is 4. The molecule has 50 heavy (non-hydrogen) atoms. The first-order valence-electron chi connectivity index (χ1n) is 15.2. The summed E-state index contributed by atoms with van der Waals surface area (Å²) in [6, 6.07) is 21.9. The van der Waals surface area contributed by atoms with Gasteiger partial charge in [0.15, 0.2) is 11.5 Å². The number of fused-ring (bicyclic) bond motifs is 1. The number of hydrogen-bond donors (Lipinski definition) is 5. The van der Waals surface area contributed by atoms with Crippen molar-refractivity contribution in [2.45, 2.75) is 26.2 Å². The van der Waals surface area contributed by atoms with E-state index in [1.165, 1.54) is 20.3 Å². The van der Waals surface area contributed by atoms with Crippen molar-refractivity contribution < 1.29 is 36.9 Å². The predicted molar refractivity (Wildman–Crippen MR) is 197 cm³/mol. The van der Waals surface area contributed by atoms with E-state index in [9.17, 15) is 22.7 Å². The van der Waals surface area contributed by atoms with Crippen LogP contribution in [0.3, 0.4) is 0 Å². The quantitative estimate of drug-likeness (QED) is 0.0862. The number of benzene rings is 4. The van der Waals surface area contributed by atoms with Crippen molar-refractivity contribution in [3.8, 4) is 23.0 Å². The molecule has 0 radical (unpaired) electrons. The number of carbonyl (C=O) groups is 1. The normalized spacial score (nSPS) is 11.8. The van der Waals surface area contributed by atoms with Crippen LogP contribution in [0.1, 0.15) is 26.3 Å². The Kier molecular flexibility index (Phi) is 10.5. The van der Waals surface area contributed by atoms with Crippen LogP contribution in [0.2, 0.25) is 0 Å². The van der Waals surface area contributed by atoms with E-state index < -0.39 is 24.1 Å². The Labute approximate surface area is 290 Å². The van der Waals surface area contributed by atoms with Gasteiger partial charge in [0.2, 0.25) is 10.0 Å². The Morgan fingerprint density at radius 2 is 1.54 bits per heavy atom. The molecule has 0 aliphatic carbocycles. The highest BCUT2D eigenvalue weighted by atomic mass is 32.2. The third-order valence-corrected chi connectivity index (χ3v) is 8.82. The lowest BCUT2D eigenvalue weighted by Crippen LogP contribution is -2.22. The molecule has 0 spiro atoms. The Morgan fingerprint density at radius 1 is 0.840 bits per heavy atom. The van der Waals surface area contributed by atoms with Gasteiger partial charge in [0.1, 0.15) is 17.3 Å². The zero-order chi connectivity index (χ0) is 36.2. The first kappa shape index (κ1) is 35.9. The van der Waals surface area contributed by atoms with Gasteiger partial charge in [-0.3, -0.25) is 4.72 Å². The number of pyridine rings is 1. The lowest BCUT2D eigenvalue weighted by Gasteiger charge is -2.24. The molecule has 13 nitrogen and oxygen atoms in total. The van der Waals surface area contributed by atoms with Gasteiger partial charge in [0, 0.05) is 40.9 Å². The molecule has 5 N–H and O–H groups in total. The van der Waals surface area contributed by atoms with Crippen molar-refractivity contribution in [1.29, 1.82) is 0 Å². The van der Waals surface area contributed by atoms with Gasteiger partial charge < -0.3 is 30.2 Å². The number of carbonyl (C=O) groups excluding carboxylic acids is 1. The number of aromatic nitrogens is 1. The minimum absolute atomic E-state index is 0.163. The summed E-state index contributed by atoms with van der Waals surface area (Å²) in [5.74, 6) is 1.91. The van der Waals surface area contributed by atoms with Crippen molar-refractivity contribution in [2.75, 3.05) is 41.1 Å². The SMILES string of the molecule is COc1cc(Nc2cc(Oc3ccc(NC(=O)Nc4cc(C(C)(C)C)cc(NS(C)(=O)=O)c4OC)c4ccccc34)ccn2)ccc1[P+](=O)O. The number of methoxy groups -OCH3 is 2. The largest absolute Gasteiger partial charge is 0.550 e. The van der Waals surface area contributed by atoms with Crippen molar-refractivity contribution >= 4 is 68.7 Å². The minimum Gasteiger partial charge on any atom is -0.492 e. The third kappa shape index (κ3) is 8.58. The van der Waals surface area contributed by atoms with Crippen LogP contribution in [0.25, 0.3) is 10.8 Å². The van der Waals surface area contributed by atoms with Crippen molar-refractivity contribution in [1.82, 2.24) is 4.98 Å². The van der Waals surface area contributed by atoms with Gasteiger partial charge in [-0.05, 0) is 51.9 Å². The van der Waals surface area contributed by atoms with Crippen molar-refractivity contribution in [2.24, 2.45) is 0 Å². The van der Waals surface area contributed by atoms with E-state index in [1.54, 1.807) is 54.7 Å². The summed E-state index contributed by atoms with van der Waals surface area (Å²) in [6.07, 6.45) is 2.62. The maximum atomic E-state index is 13.4. The lowest BCUT2D eigenvalue weighted by atomic mass is 9.86. The summed E-state index contributed by atoms with van der Waals surface area (Å²) >= 11 is 0. The number of anilines is 5. The fraction of sp³-hybridized carbons (Fsp3) is 0.200. The Morgan fingerprint density at radius 3 is 2.20 bits per heavy atom. The molecule has 4 aromatic carbocycles. The average Bonchev–Trinajstić information content (AvgIpc) is 3.04. The lowest BCUT2D eigenvalue weighted by molar-refractivity contribution is 0.262. The molecule has 0 bridgehead atoms. The molecular formula is C35H37N5O8PS+. The van der Waals surface area contributed by atoms with Crippen LogP contribution >= 0.6 is 8.03 Å². The summed E-state index contributed by atoms with van der Waals surface area (Å²) in [4.78, 5) is 27.3.